The Bertz CT molecular complexity index is 499. The Hall–Kier alpha value is -2.21. The second-order valence-corrected chi connectivity index (χ2v) is 4.35. The van der Waals surface area contributed by atoms with E-state index in [1.807, 2.05) is 25.1 Å². The monoisotopic (exact) mass is 258 g/mol. The van der Waals surface area contributed by atoms with Crippen LogP contribution in [-0.2, 0) is 0 Å². The van der Waals surface area contributed by atoms with Crippen molar-refractivity contribution in [3.8, 4) is 0 Å². The standard InChI is InChI=1S/C13H18N6/c1-10(14)4-6-16-12-7-13(18-9-17-12)19-11-3-2-5-15-8-11/h2-3,5,7-10H,4,6,14H2,1H3,(H2,16,17,18,19). The fourth-order valence-corrected chi connectivity index (χ4v) is 1.53. The molecule has 0 amide bonds. The van der Waals surface area contributed by atoms with Crippen molar-refractivity contribution in [1.29, 1.82) is 0 Å². The molecule has 6 heteroatoms. The molecule has 0 bridgehead atoms. The molecule has 1 atom stereocenters. The third-order valence-electron chi connectivity index (χ3n) is 2.51. The average molecular weight is 258 g/mol. The van der Waals surface area contributed by atoms with Gasteiger partial charge >= 0.3 is 0 Å². The van der Waals surface area contributed by atoms with E-state index in [1.54, 1.807) is 12.4 Å². The number of aromatic nitrogens is 3. The summed E-state index contributed by atoms with van der Waals surface area (Å²) >= 11 is 0. The van der Waals surface area contributed by atoms with Gasteiger partial charge in [0.1, 0.15) is 18.0 Å². The van der Waals surface area contributed by atoms with E-state index in [-0.39, 0.29) is 6.04 Å². The highest BCUT2D eigenvalue weighted by Crippen LogP contribution is 2.14. The lowest BCUT2D eigenvalue weighted by atomic mass is 10.2. The average Bonchev–Trinajstić information content (AvgIpc) is 2.40. The van der Waals surface area contributed by atoms with Gasteiger partial charge < -0.3 is 16.4 Å². The van der Waals surface area contributed by atoms with E-state index >= 15 is 0 Å². The molecule has 1 unspecified atom stereocenters. The predicted octanol–water partition coefficient (Wildman–Crippen LogP) is 1.76. The van der Waals surface area contributed by atoms with Gasteiger partial charge in [-0.2, -0.15) is 0 Å². The smallest absolute Gasteiger partial charge is 0.135 e. The number of pyridine rings is 1. The van der Waals surface area contributed by atoms with E-state index in [1.165, 1.54) is 6.33 Å². The van der Waals surface area contributed by atoms with Crippen molar-refractivity contribution in [3.05, 3.63) is 36.9 Å². The number of nitrogens with two attached hydrogens (primary N) is 1. The van der Waals surface area contributed by atoms with Gasteiger partial charge in [-0.3, -0.25) is 4.98 Å². The van der Waals surface area contributed by atoms with Crippen LogP contribution in [0.2, 0.25) is 0 Å². The number of rotatable bonds is 6. The maximum absolute atomic E-state index is 5.70. The van der Waals surface area contributed by atoms with Crippen LogP contribution in [0.15, 0.2) is 36.9 Å². The van der Waals surface area contributed by atoms with Crippen LogP contribution in [0.1, 0.15) is 13.3 Å². The quantitative estimate of drug-likeness (QED) is 0.731. The second-order valence-electron chi connectivity index (χ2n) is 4.35. The van der Waals surface area contributed by atoms with Crippen molar-refractivity contribution in [2.45, 2.75) is 19.4 Å². The lowest BCUT2D eigenvalue weighted by Crippen LogP contribution is -2.19. The Morgan fingerprint density at radius 3 is 2.89 bits per heavy atom. The minimum absolute atomic E-state index is 0.183. The third kappa shape index (κ3) is 4.51. The van der Waals surface area contributed by atoms with Crippen LogP contribution < -0.4 is 16.4 Å². The van der Waals surface area contributed by atoms with Gasteiger partial charge in [0.2, 0.25) is 0 Å². The van der Waals surface area contributed by atoms with Crippen LogP contribution in [0.3, 0.4) is 0 Å². The molecule has 0 radical (unpaired) electrons. The Morgan fingerprint density at radius 2 is 2.16 bits per heavy atom. The summed E-state index contributed by atoms with van der Waals surface area (Å²) in [7, 11) is 0. The molecule has 0 aliphatic carbocycles. The first-order valence-electron chi connectivity index (χ1n) is 6.22. The van der Waals surface area contributed by atoms with Gasteiger partial charge in [0.25, 0.3) is 0 Å². The molecule has 6 nitrogen and oxygen atoms in total. The number of nitrogens with zero attached hydrogens (tertiary/aromatic N) is 3. The van der Waals surface area contributed by atoms with Crippen LogP contribution in [0.5, 0.6) is 0 Å². The maximum atomic E-state index is 5.70. The Labute approximate surface area is 112 Å². The molecule has 0 saturated carbocycles. The highest BCUT2D eigenvalue weighted by Gasteiger charge is 2.00. The summed E-state index contributed by atoms with van der Waals surface area (Å²) in [4.78, 5) is 12.4. The Balaban J connectivity index is 1.95. The first-order chi connectivity index (χ1) is 9.24. The van der Waals surface area contributed by atoms with E-state index in [4.69, 9.17) is 5.73 Å². The summed E-state index contributed by atoms with van der Waals surface area (Å²) in [5.74, 6) is 1.51. The minimum atomic E-state index is 0.183. The highest BCUT2D eigenvalue weighted by molar-refractivity contribution is 5.57. The second kappa shape index (κ2) is 6.65. The van der Waals surface area contributed by atoms with Crippen LogP contribution >= 0.6 is 0 Å². The zero-order valence-corrected chi connectivity index (χ0v) is 10.9. The summed E-state index contributed by atoms with van der Waals surface area (Å²) in [6.07, 6.45) is 5.89. The van der Waals surface area contributed by atoms with Gasteiger partial charge in [-0.1, -0.05) is 0 Å². The van der Waals surface area contributed by atoms with Gasteiger partial charge in [0.15, 0.2) is 0 Å². The van der Waals surface area contributed by atoms with Crippen LogP contribution in [0, 0.1) is 0 Å². The third-order valence-corrected chi connectivity index (χ3v) is 2.51. The van der Waals surface area contributed by atoms with Gasteiger partial charge in [-0.15, -0.1) is 0 Å². The maximum Gasteiger partial charge on any atom is 0.135 e. The fraction of sp³-hybridized carbons (Fsp3) is 0.308. The largest absolute Gasteiger partial charge is 0.370 e. The molecule has 4 N–H and O–H groups in total. The first-order valence-corrected chi connectivity index (χ1v) is 6.22. The summed E-state index contributed by atoms with van der Waals surface area (Å²) in [5.41, 5.74) is 6.59. The lowest BCUT2D eigenvalue weighted by Gasteiger charge is -2.09. The molecule has 100 valence electrons. The van der Waals surface area contributed by atoms with Crippen molar-refractivity contribution >= 4 is 17.3 Å². The first kappa shape index (κ1) is 13.2. The van der Waals surface area contributed by atoms with Crippen molar-refractivity contribution < 1.29 is 0 Å². The molecule has 2 aromatic heterocycles. The van der Waals surface area contributed by atoms with Crippen molar-refractivity contribution in [2.75, 3.05) is 17.2 Å². The molecule has 0 fully saturated rings. The van der Waals surface area contributed by atoms with Gasteiger partial charge in [0, 0.05) is 24.8 Å². The fourth-order valence-electron chi connectivity index (χ4n) is 1.53. The number of hydrogen-bond acceptors (Lipinski definition) is 6. The van der Waals surface area contributed by atoms with E-state index in [9.17, 15) is 0 Å². The molecule has 0 aliphatic heterocycles. The molecule has 0 spiro atoms. The molecule has 19 heavy (non-hydrogen) atoms. The number of hydrogen-bond donors (Lipinski definition) is 3. The van der Waals surface area contributed by atoms with Gasteiger partial charge in [-0.25, -0.2) is 9.97 Å². The summed E-state index contributed by atoms with van der Waals surface area (Å²) in [6, 6.07) is 5.83. The summed E-state index contributed by atoms with van der Waals surface area (Å²) in [5, 5.41) is 6.38. The summed E-state index contributed by atoms with van der Waals surface area (Å²) in [6.45, 7) is 2.78. The van der Waals surface area contributed by atoms with E-state index < -0.39 is 0 Å². The summed E-state index contributed by atoms with van der Waals surface area (Å²) < 4.78 is 0. The van der Waals surface area contributed by atoms with Gasteiger partial charge in [0.05, 0.1) is 11.9 Å². The molecular formula is C13H18N6. The van der Waals surface area contributed by atoms with E-state index in [0.717, 1.165) is 30.3 Å². The molecule has 2 aromatic rings. The Morgan fingerprint density at radius 1 is 1.32 bits per heavy atom. The van der Waals surface area contributed by atoms with Crippen LogP contribution in [-0.4, -0.2) is 27.5 Å². The molecule has 0 aromatic carbocycles. The topological polar surface area (TPSA) is 88.8 Å². The number of anilines is 3. The zero-order valence-electron chi connectivity index (χ0n) is 10.9. The highest BCUT2D eigenvalue weighted by atomic mass is 15.1. The van der Waals surface area contributed by atoms with E-state index in [0.29, 0.717) is 0 Å². The Kier molecular flexibility index (Phi) is 4.63. The number of nitrogens with one attached hydrogen (secondary N) is 2. The van der Waals surface area contributed by atoms with E-state index in [2.05, 4.69) is 25.6 Å². The normalized spacial score (nSPS) is 11.9. The minimum Gasteiger partial charge on any atom is -0.370 e. The predicted molar refractivity (Wildman–Crippen MR) is 76.3 cm³/mol. The molecule has 2 rings (SSSR count). The van der Waals surface area contributed by atoms with Gasteiger partial charge in [-0.05, 0) is 25.5 Å². The lowest BCUT2D eigenvalue weighted by molar-refractivity contribution is 0.689. The molecule has 2 heterocycles. The van der Waals surface area contributed by atoms with Crippen molar-refractivity contribution in [2.24, 2.45) is 5.73 Å². The SMILES string of the molecule is CC(N)CCNc1cc(Nc2cccnc2)ncn1. The zero-order chi connectivity index (χ0) is 13.5. The van der Waals surface area contributed by atoms with Crippen molar-refractivity contribution in [3.63, 3.8) is 0 Å². The molecule has 0 saturated heterocycles. The molecule has 0 aliphatic rings. The van der Waals surface area contributed by atoms with Crippen molar-refractivity contribution in [1.82, 2.24) is 15.0 Å². The van der Waals surface area contributed by atoms with Crippen LogP contribution in [0.4, 0.5) is 17.3 Å². The van der Waals surface area contributed by atoms with Crippen LogP contribution in [0.25, 0.3) is 0 Å². The molecular weight excluding hydrogens is 240 g/mol.